The molecule has 1 fully saturated rings. The van der Waals surface area contributed by atoms with Gasteiger partial charge in [-0.3, -0.25) is 9.69 Å². The molecule has 1 saturated heterocycles. The summed E-state index contributed by atoms with van der Waals surface area (Å²) in [4.78, 5) is 13.5. The Bertz CT molecular complexity index is 450. The molecule has 2 rings (SSSR count). The fourth-order valence-corrected chi connectivity index (χ4v) is 2.45. The van der Waals surface area contributed by atoms with Crippen LogP contribution in [0.5, 0.6) is 5.75 Å². The van der Waals surface area contributed by atoms with Crippen molar-refractivity contribution in [2.24, 2.45) is 5.41 Å². The molecule has 0 unspecified atom stereocenters. The molecule has 19 heavy (non-hydrogen) atoms. The van der Waals surface area contributed by atoms with Gasteiger partial charge in [0.1, 0.15) is 5.75 Å². The van der Waals surface area contributed by atoms with Gasteiger partial charge in [0.05, 0.1) is 12.5 Å². The average molecular weight is 263 g/mol. The molecule has 4 heteroatoms. The summed E-state index contributed by atoms with van der Waals surface area (Å²) < 4.78 is 5.21. The maximum Gasteiger partial charge on any atom is 0.309 e. The smallest absolute Gasteiger partial charge is 0.309 e. The van der Waals surface area contributed by atoms with E-state index in [4.69, 9.17) is 4.74 Å². The van der Waals surface area contributed by atoms with Gasteiger partial charge < -0.3 is 9.84 Å². The minimum Gasteiger partial charge on any atom is -0.497 e. The van der Waals surface area contributed by atoms with E-state index in [1.54, 1.807) is 7.11 Å². The molecule has 0 bridgehead atoms. The molecule has 0 aliphatic carbocycles. The summed E-state index contributed by atoms with van der Waals surface area (Å²) in [6.45, 7) is 4.37. The number of carboxylic acids is 1. The molecule has 1 N–H and O–H groups in total. The third-order valence-corrected chi connectivity index (χ3v) is 4.02. The largest absolute Gasteiger partial charge is 0.497 e. The van der Waals surface area contributed by atoms with Crippen LogP contribution in [0.4, 0.5) is 0 Å². The first-order valence-corrected chi connectivity index (χ1v) is 6.62. The van der Waals surface area contributed by atoms with E-state index >= 15 is 0 Å². The predicted octanol–water partition coefficient (Wildman–Crippen LogP) is 2.38. The highest BCUT2D eigenvalue weighted by molar-refractivity contribution is 5.74. The molecular weight excluding hydrogens is 242 g/mol. The van der Waals surface area contributed by atoms with Crippen molar-refractivity contribution < 1.29 is 14.6 Å². The van der Waals surface area contributed by atoms with Crippen LogP contribution >= 0.6 is 0 Å². The van der Waals surface area contributed by atoms with E-state index in [9.17, 15) is 9.90 Å². The number of aliphatic carboxylic acids is 1. The summed E-state index contributed by atoms with van der Waals surface area (Å²) >= 11 is 0. The number of hydrogen-bond acceptors (Lipinski definition) is 3. The number of hydrogen-bond donors (Lipinski definition) is 1. The Morgan fingerprint density at radius 2 is 2.11 bits per heavy atom. The standard InChI is InChI=1S/C15H21NO3/c1-15(14(17)18)6-8-16(9-7-15)11-12-4-3-5-13(10-12)19-2/h3-5,10H,6-9,11H2,1-2H3,(H,17,18). The zero-order chi connectivity index (χ0) is 13.9. The summed E-state index contributed by atoms with van der Waals surface area (Å²) in [5, 5.41) is 9.21. The van der Waals surface area contributed by atoms with E-state index in [0.29, 0.717) is 12.8 Å². The third kappa shape index (κ3) is 3.26. The lowest BCUT2D eigenvalue weighted by atomic mass is 9.80. The lowest BCUT2D eigenvalue weighted by molar-refractivity contribution is -0.150. The molecule has 104 valence electrons. The molecular formula is C15H21NO3. The Kier molecular flexibility index (Phi) is 4.10. The lowest BCUT2D eigenvalue weighted by Gasteiger charge is -2.36. The second-order valence-electron chi connectivity index (χ2n) is 5.49. The first-order chi connectivity index (χ1) is 9.03. The Balaban J connectivity index is 1.93. The second kappa shape index (κ2) is 5.61. The first kappa shape index (κ1) is 13.9. The summed E-state index contributed by atoms with van der Waals surface area (Å²) in [5.41, 5.74) is 0.656. The van der Waals surface area contributed by atoms with Crippen LogP contribution < -0.4 is 4.74 Å². The Hall–Kier alpha value is -1.55. The predicted molar refractivity (Wildman–Crippen MR) is 73.2 cm³/mol. The van der Waals surface area contributed by atoms with Crippen LogP contribution in [0, 0.1) is 5.41 Å². The zero-order valence-corrected chi connectivity index (χ0v) is 11.6. The van der Waals surface area contributed by atoms with Crippen molar-refractivity contribution in [2.75, 3.05) is 20.2 Å². The molecule has 1 heterocycles. The number of methoxy groups -OCH3 is 1. The van der Waals surface area contributed by atoms with Gasteiger partial charge in [-0.25, -0.2) is 0 Å². The van der Waals surface area contributed by atoms with Crippen LogP contribution in [-0.2, 0) is 11.3 Å². The highest BCUT2D eigenvalue weighted by Crippen LogP contribution is 2.31. The first-order valence-electron chi connectivity index (χ1n) is 6.62. The maximum absolute atomic E-state index is 11.2. The minimum absolute atomic E-state index is 0.551. The topological polar surface area (TPSA) is 49.8 Å². The van der Waals surface area contributed by atoms with E-state index in [1.165, 1.54) is 5.56 Å². The zero-order valence-electron chi connectivity index (χ0n) is 11.6. The van der Waals surface area contributed by atoms with E-state index < -0.39 is 11.4 Å². The van der Waals surface area contributed by atoms with Gasteiger partial charge in [0.15, 0.2) is 0 Å². The summed E-state index contributed by atoms with van der Waals surface area (Å²) in [5.74, 6) is 0.193. The number of carboxylic acid groups (broad SMARTS) is 1. The normalized spacial score (nSPS) is 19.1. The number of benzene rings is 1. The number of nitrogens with zero attached hydrogens (tertiary/aromatic N) is 1. The third-order valence-electron chi connectivity index (χ3n) is 4.02. The average Bonchev–Trinajstić information content (AvgIpc) is 2.42. The summed E-state index contributed by atoms with van der Waals surface area (Å²) in [7, 11) is 1.66. The molecule has 1 aromatic carbocycles. The van der Waals surface area contributed by atoms with Gasteiger partial charge in [-0.15, -0.1) is 0 Å². The number of ether oxygens (including phenoxy) is 1. The van der Waals surface area contributed by atoms with Crippen molar-refractivity contribution in [3.63, 3.8) is 0 Å². The van der Waals surface area contributed by atoms with Crippen LogP contribution in [0.3, 0.4) is 0 Å². The quantitative estimate of drug-likeness (QED) is 0.906. The maximum atomic E-state index is 11.2. The summed E-state index contributed by atoms with van der Waals surface area (Å²) in [6, 6.07) is 8.03. The number of carbonyl (C=O) groups is 1. The van der Waals surface area contributed by atoms with Crippen LogP contribution in [0.1, 0.15) is 25.3 Å². The van der Waals surface area contributed by atoms with Crippen molar-refractivity contribution >= 4 is 5.97 Å². The minimum atomic E-state index is -0.673. The molecule has 0 spiro atoms. The Morgan fingerprint density at radius 1 is 1.42 bits per heavy atom. The van der Waals surface area contributed by atoms with Crippen molar-refractivity contribution in [3.8, 4) is 5.75 Å². The van der Waals surface area contributed by atoms with E-state index in [1.807, 2.05) is 25.1 Å². The fraction of sp³-hybridized carbons (Fsp3) is 0.533. The van der Waals surface area contributed by atoms with Gasteiger partial charge in [-0.2, -0.15) is 0 Å². The highest BCUT2D eigenvalue weighted by atomic mass is 16.5. The molecule has 0 atom stereocenters. The van der Waals surface area contributed by atoms with Gasteiger partial charge in [0, 0.05) is 6.54 Å². The molecule has 1 aliphatic heterocycles. The molecule has 0 amide bonds. The molecule has 4 nitrogen and oxygen atoms in total. The highest BCUT2D eigenvalue weighted by Gasteiger charge is 2.36. The molecule has 0 radical (unpaired) electrons. The molecule has 1 aromatic rings. The van der Waals surface area contributed by atoms with Crippen LogP contribution in [0.15, 0.2) is 24.3 Å². The van der Waals surface area contributed by atoms with Gasteiger partial charge in [-0.05, 0) is 50.6 Å². The van der Waals surface area contributed by atoms with Crippen molar-refractivity contribution in [2.45, 2.75) is 26.3 Å². The van der Waals surface area contributed by atoms with Gasteiger partial charge >= 0.3 is 5.97 Å². The molecule has 0 saturated carbocycles. The van der Waals surface area contributed by atoms with Crippen molar-refractivity contribution in [1.82, 2.24) is 4.90 Å². The monoisotopic (exact) mass is 263 g/mol. The molecule has 1 aliphatic rings. The van der Waals surface area contributed by atoms with Crippen molar-refractivity contribution in [1.29, 1.82) is 0 Å². The van der Waals surface area contributed by atoms with Crippen molar-refractivity contribution in [3.05, 3.63) is 29.8 Å². The lowest BCUT2D eigenvalue weighted by Crippen LogP contribution is -2.42. The van der Waals surface area contributed by atoms with Gasteiger partial charge in [0.25, 0.3) is 0 Å². The van der Waals surface area contributed by atoms with Crippen LogP contribution in [0.25, 0.3) is 0 Å². The van der Waals surface area contributed by atoms with Gasteiger partial charge in [0.2, 0.25) is 0 Å². The fourth-order valence-electron chi connectivity index (χ4n) is 2.45. The van der Waals surface area contributed by atoms with E-state index in [-0.39, 0.29) is 0 Å². The van der Waals surface area contributed by atoms with E-state index in [2.05, 4.69) is 11.0 Å². The Labute approximate surface area is 114 Å². The number of piperidine rings is 1. The van der Waals surface area contributed by atoms with Crippen LogP contribution in [-0.4, -0.2) is 36.2 Å². The summed E-state index contributed by atoms with van der Waals surface area (Å²) in [6.07, 6.45) is 1.43. The number of likely N-dealkylation sites (tertiary alicyclic amines) is 1. The van der Waals surface area contributed by atoms with E-state index in [0.717, 1.165) is 25.4 Å². The Morgan fingerprint density at radius 3 is 2.68 bits per heavy atom. The number of rotatable bonds is 4. The van der Waals surface area contributed by atoms with Gasteiger partial charge in [-0.1, -0.05) is 12.1 Å². The second-order valence-corrected chi connectivity index (χ2v) is 5.49. The van der Waals surface area contributed by atoms with Crippen LogP contribution in [0.2, 0.25) is 0 Å². The molecule has 0 aromatic heterocycles. The SMILES string of the molecule is COc1cccc(CN2CCC(C)(C(=O)O)CC2)c1.